The molecule has 1 unspecified atom stereocenters. The zero-order valence-electron chi connectivity index (χ0n) is 20.6. The average molecular weight is 516 g/mol. The van der Waals surface area contributed by atoms with Gasteiger partial charge in [-0.3, -0.25) is 14.5 Å². The zero-order valence-corrected chi connectivity index (χ0v) is 21.4. The third-order valence-electron chi connectivity index (χ3n) is 6.47. The fraction of sp³-hybridized carbons (Fsp3) is 0.500. The van der Waals surface area contributed by atoms with Gasteiger partial charge < -0.3 is 15.5 Å². The lowest BCUT2D eigenvalue weighted by Crippen LogP contribution is -2.48. The minimum Gasteiger partial charge on any atom is -0.367 e. The summed E-state index contributed by atoms with van der Waals surface area (Å²) in [6.45, 7) is 4.98. The van der Waals surface area contributed by atoms with Crippen LogP contribution >= 0.6 is 0 Å². The maximum atomic E-state index is 12.8. The summed E-state index contributed by atoms with van der Waals surface area (Å²) in [5, 5.41) is 6.13. The van der Waals surface area contributed by atoms with E-state index in [0.717, 1.165) is 32.2 Å². The summed E-state index contributed by atoms with van der Waals surface area (Å²) in [5.74, 6) is 0.210. The number of hydrogen-bond donors (Lipinski definition) is 3. The minimum absolute atomic E-state index is 0.0763. The highest BCUT2D eigenvalue weighted by molar-refractivity contribution is 7.88. The molecule has 2 aliphatic heterocycles. The summed E-state index contributed by atoms with van der Waals surface area (Å²) in [6.07, 6.45) is 4.04. The van der Waals surface area contributed by atoms with Crippen LogP contribution in [0.4, 0.5) is 5.82 Å². The fourth-order valence-electron chi connectivity index (χ4n) is 4.71. The first-order valence-electron chi connectivity index (χ1n) is 12.0. The molecule has 0 radical (unpaired) electrons. The van der Waals surface area contributed by atoms with Gasteiger partial charge in [0.25, 0.3) is 5.91 Å². The van der Waals surface area contributed by atoms with Crippen molar-refractivity contribution >= 4 is 27.7 Å². The third kappa shape index (κ3) is 7.21. The van der Waals surface area contributed by atoms with Gasteiger partial charge >= 0.3 is 0 Å². The molecule has 0 spiro atoms. The molecule has 1 aromatic carbocycles. The summed E-state index contributed by atoms with van der Waals surface area (Å²) in [4.78, 5) is 36.6. The number of amides is 2. The molecule has 11 nitrogen and oxygen atoms in total. The lowest BCUT2D eigenvalue weighted by atomic mass is 10.1. The van der Waals surface area contributed by atoms with Gasteiger partial charge in [0.1, 0.15) is 17.8 Å². The predicted molar refractivity (Wildman–Crippen MR) is 136 cm³/mol. The number of nitrogens with one attached hydrogen (secondary N) is 3. The van der Waals surface area contributed by atoms with E-state index in [1.807, 2.05) is 17.0 Å². The van der Waals surface area contributed by atoms with Gasteiger partial charge in [0, 0.05) is 58.3 Å². The Balaban J connectivity index is 1.32. The second-order valence-corrected chi connectivity index (χ2v) is 11.2. The van der Waals surface area contributed by atoms with Gasteiger partial charge in [0.15, 0.2) is 0 Å². The molecule has 12 heteroatoms. The minimum atomic E-state index is -3.47. The molecule has 1 atom stereocenters. The Morgan fingerprint density at radius 1 is 1.11 bits per heavy atom. The molecule has 36 heavy (non-hydrogen) atoms. The van der Waals surface area contributed by atoms with Crippen molar-refractivity contribution in [2.75, 3.05) is 37.8 Å². The monoisotopic (exact) mass is 515 g/mol. The van der Waals surface area contributed by atoms with Gasteiger partial charge in [0.05, 0.1) is 12.3 Å². The Morgan fingerprint density at radius 2 is 1.78 bits per heavy atom. The van der Waals surface area contributed by atoms with Crippen molar-refractivity contribution in [3.63, 3.8) is 0 Å². The van der Waals surface area contributed by atoms with Crippen molar-refractivity contribution in [1.29, 1.82) is 0 Å². The van der Waals surface area contributed by atoms with Crippen LogP contribution in [0.3, 0.4) is 0 Å². The molecule has 1 saturated heterocycles. The fourth-order valence-corrected chi connectivity index (χ4v) is 5.47. The second-order valence-electron chi connectivity index (χ2n) is 9.45. The number of sulfonamides is 1. The molecular formula is C24H33N7O4S. The average Bonchev–Trinajstić information content (AvgIpc) is 3.24. The number of carbonyl (C=O) groups is 2. The molecule has 2 amide bonds. The van der Waals surface area contributed by atoms with Crippen LogP contribution in [-0.4, -0.2) is 84.5 Å². The number of nitrogens with zero attached hydrogens (tertiary/aromatic N) is 4. The molecule has 1 aromatic heterocycles. The van der Waals surface area contributed by atoms with Gasteiger partial charge in [0.2, 0.25) is 15.9 Å². The van der Waals surface area contributed by atoms with Crippen molar-refractivity contribution in [3.05, 3.63) is 53.5 Å². The molecule has 194 valence electrons. The normalized spacial score (nSPS) is 17.4. The number of benzene rings is 1. The highest BCUT2D eigenvalue weighted by Crippen LogP contribution is 2.22. The van der Waals surface area contributed by atoms with Crippen LogP contribution in [0.15, 0.2) is 36.7 Å². The van der Waals surface area contributed by atoms with E-state index in [4.69, 9.17) is 0 Å². The standard InChI is InChI=1S/C24H33N7O4S/c1-17(32)31-9-7-20(8-10-31)28-23-11-22(26-16-27-23)24(33)25-12-21(29-36(2,34)35)15-30-13-18-5-3-4-6-19(18)14-30/h3-6,11,16,20-21,29H,7-10,12-15H2,1-2H3,(H,25,33)(H,26,27,28). The number of aromatic nitrogens is 2. The highest BCUT2D eigenvalue weighted by Gasteiger charge is 2.25. The van der Waals surface area contributed by atoms with Gasteiger partial charge in [-0.05, 0) is 24.0 Å². The van der Waals surface area contributed by atoms with Crippen molar-refractivity contribution in [1.82, 2.24) is 29.8 Å². The molecule has 1 fully saturated rings. The lowest BCUT2D eigenvalue weighted by Gasteiger charge is -2.31. The van der Waals surface area contributed by atoms with Crippen molar-refractivity contribution in [2.45, 2.75) is 44.9 Å². The topological polar surface area (TPSA) is 137 Å². The molecule has 4 rings (SSSR count). The Bertz CT molecular complexity index is 1170. The van der Waals surface area contributed by atoms with E-state index < -0.39 is 22.0 Å². The molecule has 0 aliphatic carbocycles. The van der Waals surface area contributed by atoms with E-state index in [0.29, 0.717) is 25.5 Å². The van der Waals surface area contributed by atoms with Crippen LogP contribution in [-0.2, 0) is 27.9 Å². The number of rotatable bonds is 9. The van der Waals surface area contributed by atoms with E-state index in [2.05, 4.69) is 42.4 Å². The highest BCUT2D eigenvalue weighted by atomic mass is 32.2. The summed E-state index contributed by atoms with van der Waals surface area (Å²) in [6, 6.07) is 9.38. The Labute approximate surface area is 211 Å². The van der Waals surface area contributed by atoms with E-state index in [9.17, 15) is 18.0 Å². The maximum absolute atomic E-state index is 12.8. The second kappa shape index (κ2) is 11.3. The van der Waals surface area contributed by atoms with E-state index in [1.165, 1.54) is 17.5 Å². The Hall–Kier alpha value is -3.09. The van der Waals surface area contributed by atoms with Crippen molar-refractivity contribution < 1.29 is 18.0 Å². The Kier molecular flexibility index (Phi) is 8.17. The number of carbonyl (C=O) groups excluding carboxylic acids is 2. The van der Waals surface area contributed by atoms with Crippen molar-refractivity contribution in [3.8, 4) is 0 Å². The van der Waals surface area contributed by atoms with E-state index in [-0.39, 0.29) is 24.2 Å². The van der Waals surface area contributed by atoms with Gasteiger partial charge in [-0.1, -0.05) is 24.3 Å². The van der Waals surface area contributed by atoms with E-state index in [1.54, 1.807) is 13.0 Å². The maximum Gasteiger partial charge on any atom is 0.270 e. The first-order chi connectivity index (χ1) is 17.2. The van der Waals surface area contributed by atoms with Crippen LogP contribution in [0.1, 0.15) is 41.4 Å². The zero-order chi connectivity index (χ0) is 25.7. The van der Waals surface area contributed by atoms with E-state index >= 15 is 0 Å². The van der Waals surface area contributed by atoms with Crippen LogP contribution in [0.5, 0.6) is 0 Å². The SMILES string of the molecule is CC(=O)N1CCC(Nc2cc(C(=O)NCC(CN3Cc4ccccc4C3)NS(C)(=O)=O)ncn2)CC1. The number of hydrogen-bond acceptors (Lipinski definition) is 8. The lowest BCUT2D eigenvalue weighted by molar-refractivity contribution is -0.129. The van der Waals surface area contributed by atoms with Gasteiger partial charge in [-0.2, -0.15) is 0 Å². The largest absolute Gasteiger partial charge is 0.367 e. The first-order valence-corrected chi connectivity index (χ1v) is 13.9. The predicted octanol–water partition coefficient (Wildman–Crippen LogP) is 0.563. The number of fused-ring (bicyclic) bond motifs is 1. The number of piperidine rings is 1. The quantitative estimate of drug-likeness (QED) is 0.441. The first kappa shape index (κ1) is 26.0. The van der Waals surface area contributed by atoms with Crippen molar-refractivity contribution in [2.24, 2.45) is 0 Å². The summed E-state index contributed by atoms with van der Waals surface area (Å²) >= 11 is 0. The van der Waals surface area contributed by atoms with Crippen LogP contribution in [0.2, 0.25) is 0 Å². The Morgan fingerprint density at radius 3 is 2.39 bits per heavy atom. The molecule has 3 N–H and O–H groups in total. The number of likely N-dealkylation sites (tertiary alicyclic amines) is 1. The summed E-state index contributed by atoms with van der Waals surface area (Å²) in [7, 11) is -3.47. The summed E-state index contributed by atoms with van der Waals surface area (Å²) < 4.78 is 26.5. The number of anilines is 1. The molecule has 0 saturated carbocycles. The van der Waals surface area contributed by atoms with Crippen LogP contribution < -0.4 is 15.4 Å². The summed E-state index contributed by atoms with van der Waals surface area (Å²) in [5.41, 5.74) is 2.65. The van der Waals surface area contributed by atoms with Gasteiger partial charge in [-0.25, -0.2) is 23.1 Å². The van der Waals surface area contributed by atoms with Crippen LogP contribution in [0, 0.1) is 0 Å². The molecule has 0 bridgehead atoms. The molecule has 3 heterocycles. The molecule has 2 aliphatic rings. The molecular weight excluding hydrogens is 482 g/mol. The third-order valence-corrected chi connectivity index (χ3v) is 7.23. The van der Waals surface area contributed by atoms with Crippen LogP contribution in [0.25, 0.3) is 0 Å². The molecule has 2 aromatic rings. The smallest absolute Gasteiger partial charge is 0.270 e. The van der Waals surface area contributed by atoms with Gasteiger partial charge in [-0.15, -0.1) is 0 Å².